The van der Waals surface area contributed by atoms with Crippen molar-refractivity contribution in [1.82, 2.24) is 29.1 Å². The molecule has 0 unspecified atom stereocenters. The van der Waals surface area contributed by atoms with Crippen molar-refractivity contribution in [2.24, 2.45) is 0 Å². The number of pyridine rings is 4. The first-order chi connectivity index (χ1) is 27.8. The van der Waals surface area contributed by atoms with Gasteiger partial charge in [0.2, 0.25) is 0 Å². The van der Waals surface area contributed by atoms with Crippen LogP contribution in [0.5, 0.6) is 0 Å². The van der Waals surface area contributed by atoms with Gasteiger partial charge >= 0.3 is 0 Å². The third-order valence-corrected chi connectivity index (χ3v) is 10.7. The largest absolute Gasteiger partial charge is 0.309 e. The predicted octanol–water partition coefficient (Wildman–Crippen LogP) is 12.1. The fourth-order valence-electron chi connectivity index (χ4n) is 8.18. The summed E-state index contributed by atoms with van der Waals surface area (Å²) in [6, 6.07) is 61.8. The van der Waals surface area contributed by atoms with E-state index in [4.69, 9.17) is 9.97 Å². The lowest BCUT2D eigenvalue weighted by molar-refractivity contribution is 1.14. The summed E-state index contributed by atoms with van der Waals surface area (Å²) in [5, 5.41) is 4.72. The zero-order valence-corrected chi connectivity index (χ0v) is 30.2. The zero-order chi connectivity index (χ0) is 37.0. The Morgan fingerprint density at radius 2 is 1.00 bits per heavy atom. The van der Waals surface area contributed by atoms with Crippen LogP contribution >= 0.6 is 0 Å². The topological polar surface area (TPSA) is 61.4 Å². The van der Waals surface area contributed by atoms with Crippen LogP contribution in [0.1, 0.15) is 0 Å². The molecule has 6 heteroatoms. The molecule has 262 valence electrons. The van der Waals surface area contributed by atoms with E-state index in [0.29, 0.717) is 0 Å². The third kappa shape index (κ3) is 5.19. The lowest BCUT2D eigenvalue weighted by atomic mass is 10.00. The van der Waals surface area contributed by atoms with Crippen LogP contribution < -0.4 is 0 Å². The lowest BCUT2D eigenvalue weighted by Gasteiger charge is -2.14. The first-order valence-electron chi connectivity index (χ1n) is 18.7. The highest BCUT2D eigenvalue weighted by molar-refractivity contribution is 6.15. The number of benzene rings is 5. The van der Waals surface area contributed by atoms with E-state index in [1.807, 2.05) is 48.7 Å². The third-order valence-electron chi connectivity index (χ3n) is 10.7. The molecule has 0 saturated carbocycles. The molecular formula is C50H32N6. The summed E-state index contributed by atoms with van der Waals surface area (Å²) in [7, 11) is 0. The van der Waals surface area contributed by atoms with Crippen LogP contribution in [-0.2, 0) is 0 Å². The highest BCUT2D eigenvalue weighted by Gasteiger charge is 2.20. The Bertz CT molecular complexity index is 3180. The fraction of sp³-hybridized carbons (Fsp3) is 0. The average Bonchev–Trinajstić information content (AvgIpc) is 3.80. The molecule has 0 aliphatic heterocycles. The number of hydrogen-bond acceptors (Lipinski definition) is 4. The standard InChI is InChI=1S/C50H32N6/c1-2-14-36(15-3-1)56-48-32-34(24-25-40(48)42-20-12-28-53-50(42)56)38-18-11-19-41-39-17-4-5-23-47(39)55(49(38)41)37-16-10-13-33(29-37)35-30-45(43-21-6-8-26-51-43)54-46(31-35)44-22-7-9-27-52-44/h1-32H. The van der Waals surface area contributed by atoms with E-state index < -0.39 is 0 Å². The minimum Gasteiger partial charge on any atom is -0.309 e. The molecule has 0 N–H and O–H groups in total. The van der Waals surface area contributed by atoms with E-state index in [1.54, 1.807) is 12.4 Å². The minimum atomic E-state index is 0.798. The van der Waals surface area contributed by atoms with Crippen molar-refractivity contribution < 1.29 is 0 Å². The second kappa shape index (κ2) is 13.0. The Hall–Kier alpha value is -7.70. The van der Waals surface area contributed by atoms with Gasteiger partial charge in [-0.25, -0.2) is 9.97 Å². The number of rotatable bonds is 6. The van der Waals surface area contributed by atoms with Gasteiger partial charge in [-0.3, -0.25) is 14.5 Å². The van der Waals surface area contributed by atoms with Crippen LogP contribution in [-0.4, -0.2) is 29.1 Å². The molecule has 0 amide bonds. The average molecular weight is 717 g/mol. The van der Waals surface area contributed by atoms with Crippen LogP contribution in [0.4, 0.5) is 0 Å². The van der Waals surface area contributed by atoms with Gasteiger partial charge in [0.25, 0.3) is 0 Å². The summed E-state index contributed by atoms with van der Waals surface area (Å²) in [5.41, 5.74) is 14.2. The van der Waals surface area contributed by atoms with Gasteiger partial charge in [-0.05, 0) is 102 Å². The van der Waals surface area contributed by atoms with E-state index in [2.05, 4.69) is 153 Å². The van der Waals surface area contributed by atoms with Gasteiger partial charge in [-0.2, -0.15) is 0 Å². The Morgan fingerprint density at radius 3 is 1.79 bits per heavy atom. The Kier molecular flexibility index (Phi) is 7.38. The van der Waals surface area contributed by atoms with E-state index in [-0.39, 0.29) is 0 Å². The van der Waals surface area contributed by atoms with Gasteiger partial charge in [0.05, 0.1) is 39.3 Å². The maximum absolute atomic E-state index is 5.02. The van der Waals surface area contributed by atoms with E-state index in [9.17, 15) is 0 Å². The summed E-state index contributed by atoms with van der Waals surface area (Å²) in [6.07, 6.45) is 5.49. The second-order valence-electron chi connectivity index (χ2n) is 13.9. The Balaban J connectivity index is 1.13. The molecule has 11 aromatic rings. The van der Waals surface area contributed by atoms with Gasteiger partial charge in [0, 0.05) is 57.1 Å². The highest BCUT2D eigenvalue weighted by atomic mass is 15.0. The van der Waals surface area contributed by atoms with E-state index in [0.717, 1.165) is 84.0 Å². The maximum Gasteiger partial charge on any atom is 0.145 e. The molecule has 56 heavy (non-hydrogen) atoms. The number of aromatic nitrogens is 6. The van der Waals surface area contributed by atoms with Crippen molar-refractivity contribution in [2.75, 3.05) is 0 Å². The summed E-state index contributed by atoms with van der Waals surface area (Å²) in [6.45, 7) is 0. The molecule has 0 saturated heterocycles. The smallest absolute Gasteiger partial charge is 0.145 e. The minimum absolute atomic E-state index is 0.798. The van der Waals surface area contributed by atoms with E-state index >= 15 is 0 Å². The van der Waals surface area contributed by atoms with Crippen LogP contribution in [0, 0.1) is 0 Å². The van der Waals surface area contributed by atoms with Gasteiger partial charge in [-0.1, -0.05) is 91.0 Å². The van der Waals surface area contributed by atoms with Crippen molar-refractivity contribution in [3.63, 3.8) is 0 Å². The fourth-order valence-corrected chi connectivity index (χ4v) is 8.18. The molecule has 6 aromatic heterocycles. The van der Waals surface area contributed by atoms with Crippen molar-refractivity contribution in [2.45, 2.75) is 0 Å². The molecular weight excluding hydrogens is 685 g/mol. The molecule has 6 heterocycles. The first kappa shape index (κ1) is 31.8. The summed E-state index contributed by atoms with van der Waals surface area (Å²) in [5.74, 6) is 0. The van der Waals surface area contributed by atoms with Crippen LogP contribution in [0.25, 0.3) is 100 Å². The van der Waals surface area contributed by atoms with Gasteiger partial charge in [-0.15, -0.1) is 0 Å². The molecule has 0 atom stereocenters. The van der Waals surface area contributed by atoms with Gasteiger partial charge in [0.1, 0.15) is 5.65 Å². The van der Waals surface area contributed by atoms with Crippen LogP contribution in [0.3, 0.4) is 0 Å². The highest BCUT2D eigenvalue weighted by Crippen LogP contribution is 2.41. The summed E-state index contributed by atoms with van der Waals surface area (Å²) >= 11 is 0. The summed E-state index contributed by atoms with van der Waals surface area (Å²) in [4.78, 5) is 19.2. The number of para-hydroxylation sites is 3. The van der Waals surface area contributed by atoms with Gasteiger partial charge in [0.15, 0.2) is 0 Å². The molecule has 0 aliphatic rings. The molecule has 6 nitrogen and oxygen atoms in total. The molecule has 0 radical (unpaired) electrons. The Labute approximate surface area is 322 Å². The van der Waals surface area contributed by atoms with Crippen molar-refractivity contribution in [1.29, 1.82) is 0 Å². The monoisotopic (exact) mass is 716 g/mol. The number of fused-ring (bicyclic) bond motifs is 6. The predicted molar refractivity (Wildman–Crippen MR) is 228 cm³/mol. The second-order valence-corrected chi connectivity index (χ2v) is 13.9. The normalized spacial score (nSPS) is 11.6. The van der Waals surface area contributed by atoms with E-state index in [1.165, 1.54) is 16.2 Å². The Morgan fingerprint density at radius 1 is 0.339 bits per heavy atom. The molecule has 0 spiro atoms. The zero-order valence-electron chi connectivity index (χ0n) is 30.2. The van der Waals surface area contributed by atoms with Crippen molar-refractivity contribution in [3.05, 3.63) is 195 Å². The summed E-state index contributed by atoms with van der Waals surface area (Å²) < 4.78 is 4.70. The molecule has 11 rings (SSSR count). The number of hydrogen-bond donors (Lipinski definition) is 0. The molecule has 0 bridgehead atoms. The van der Waals surface area contributed by atoms with Crippen molar-refractivity contribution in [3.8, 4) is 56.4 Å². The van der Waals surface area contributed by atoms with Crippen LogP contribution in [0.15, 0.2) is 195 Å². The quantitative estimate of drug-likeness (QED) is 0.172. The van der Waals surface area contributed by atoms with Crippen LogP contribution in [0.2, 0.25) is 0 Å². The lowest BCUT2D eigenvalue weighted by Crippen LogP contribution is -1.97. The van der Waals surface area contributed by atoms with Gasteiger partial charge < -0.3 is 4.57 Å². The molecule has 0 fully saturated rings. The maximum atomic E-state index is 5.02. The SMILES string of the molecule is c1ccc(-n2c3cc(-c4cccc5c6ccccc6n(-c6cccc(-c7cc(-c8ccccn8)nc(-c8ccccn8)c7)c6)c45)ccc3c3cccnc32)cc1. The number of nitrogens with zero attached hydrogens (tertiary/aromatic N) is 6. The van der Waals surface area contributed by atoms with Crippen molar-refractivity contribution >= 4 is 43.7 Å². The molecule has 0 aliphatic carbocycles. The first-order valence-corrected chi connectivity index (χ1v) is 18.7. The molecule has 5 aromatic carbocycles.